The third-order valence-corrected chi connectivity index (χ3v) is 6.08. The van der Waals surface area contributed by atoms with Crippen LogP contribution < -0.4 is 11.1 Å². The molecule has 0 amide bonds. The van der Waals surface area contributed by atoms with Crippen molar-refractivity contribution in [3.8, 4) is 0 Å². The fourth-order valence-corrected chi connectivity index (χ4v) is 4.10. The van der Waals surface area contributed by atoms with Crippen LogP contribution in [0.1, 0.15) is 12.8 Å². The van der Waals surface area contributed by atoms with Crippen LogP contribution in [0.2, 0.25) is 0 Å². The molecule has 1 aliphatic rings. The zero-order valence-electron chi connectivity index (χ0n) is 12.8. The van der Waals surface area contributed by atoms with Gasteiger partial charge >= 0.3 is 0 Å². The highest BCUT2D eigenvalue weighted by Crippen LogP contribution is 2.26. The standard InChI is InChI=1S/C14H24N4O2S/c1-16-14-5-4-12(10-13(14)15)21(19,20)18(3)11-6-8-17(2)9-7-11/h4-5,10-11,16H,6-9,15H2,1-3H3. The molecule has 0 spiro atoms. The Kier molecular flexibility index (Phi) is 4.75. The molecule has 1 aromatic carbocycles. The van der Waals surface area contributed by atoms with Gasteiger partial charge in [0.05, 0.1) is 16.3 Å². The molecule has 0 radical (unpaired) electrons. The number of sulfonamides is 1. The molecule has 1 heterocycles. The molecule has 0 aromatic heterocycles. The number of nitrogens with one attached hydrogen (secondary N) is 1. The normalized spacial score (nSPS) is 18.1. The highest BCUT2D eigenvalue weighted by molar-refractivity contribution is 7.89. The topological polar surface area (TPSA) is 78.7 Å². The van der Waals surface area contributed by atoms with Gasteiger partial charge in [0, 0.05) is 20.1 Å². The lowest BCUT2D eigenvalue weighted by Crippen LogP contribution is -2.44. The Balaban J connectivity index is 2.22. The summed E-state index contributed by atoms with van der Waals surface area (Å²) in [5, 5.41) is 2.93. The minimum Gasteiger partial charge on any atom is -0.397 e. The molecule has 1 aliphatic heterocycles. The number of likely N-dealkylation sites (tertiary alicyclic amines) is 1. The predicted molar refractivity (Wildman–Crippen MR) is 85.9 cm³/mol. The van der Waals surface area contributed by atoms with E-state index < -0.39 is 10.0 Å². The number of anilines is 2. The summed E-state index contributed by atoms with van der Waals surface area (Å²) in [7, 11) is 1.98. The number of nitrogen functional groups attached to an aromatic ring is 1. The van der Waals surface area contributed by atoms with Crippen molar-refractivity contribution < 1.29 is 8.42 Å². The zero-order valence-corrected chi connectivity index (χ0v) is 13.7. The van der Waals surface area contributed by atoms with Gasteiger partial charge in [0.2, 0.25) is 10.0 Å². The van der Waals surface area contributed by atoms with Crippen LogP contribution in [0.15, 0.2) is 23.1 Å². The Morgan fingerprint density at radius 1 is 1.33 bits per heavy atom. The van der Waals surface area contributed by atoms with Crippen molar-refractivity contribution in [2.24, 2.45) is 0 Å². The van der Waals surface area contributed by atoms with Gasteiger partial charge in [-0.1, -0.05) is 0 Å². The van der Waals surface area contributed by atoms with E-state index in [1.54, 1.807) is 26.2 Å². The van der Waals surface area contributed by atoms with E-state index in [9.17, 15) is 8.42 Å². The van der Waals surface area contributed by atoms with Gasteiger partial charge in [0.1, 0.15) is 0 Å². The molecule has 21 heavy (non-hydrogen) atoms. The summed E-state index contributed by atoms with van der Waals surface area (Å²) in [6.45, 7) is 1.84. The van der Waals surface area contributed by atoms with Gasteiger partial charge in [-0.05, 0) is 51.2 Å². The maximum absolute atomic E-state index is 12.7. The largest absolute Gasteiger partial charge is 0.397 e. The predicted octanol–water partition coefficient (Wildman–Crippen LogP) is 1.03. The summed E-state index contributed by atoms with van der Waals surface area (Å²) >= 11 is 0. The summed E-state index contributed by atoms with van der Waals surface area (Å²) < 4.78 is 26.9. The van der Waals surface area contributed by atoms with Gasteiger partial charge in [-0.15, -0.1) is 0 Å². The summed E-state index contributed by atoms with van der Waals surface area (Å²) in [5.41, 5.74) is 7.05. The van der Waals surface area contributed by atoms with Crippen LogP contribution in [0.3, 0.4) is 0 Å². The smallest absolute Gasteiger partial charge is 0.243 e. The van der Waals surface area contributed by atoms with Crippen LogP contribution in [-0.4, -0.2) is 57.9 Å². The Morgan fingerprint density at radius 3 is 2.48 bits per heavy atom. The molecule has 0 unspecified atom stereocenters. The van der Waals surface area contributed by atoms with E-state index in [1.807, 2.05) is 0 Å². The second-order valence-electron chi connectivity index (χ2n) is 5.55. The van der Waals surface area contributed by atoms with E-state index in [1.165, 1.54) is 10.4 Å². The fraction of sp³-hybridized carbons (Fsp3) is 0.571. The van der Waals surface area contributed by atoms with E-state index >= 15 is 0 Å². The van der Waals surface area contributed by atoms with Crippen molar-refractivity contribution in [1.29, 1.82) is 0 Å². The lowest BCUT2D eigenvalue weighted by atomic mass is 10.1. The van der Waals surface area contributed by atoms with Gasteiger partial charge in [0.15, 0.2) is 0 Å². The average Bonchev–Trinajstić information content (AvgIpc) is 2.47. The number of hydrogen-bond donors (Lipinski definition) is 2. The summed E-state index contributed by atoms with van der Waals surface area (Å²) in [6, 6.07) is 4.87. The van der Waals surface area contributed by atoms with Crippen LogP contribution in [0, 0.1) is 0 Å². The van der Waals surface area contributed by atoms with Crippen LogP contribution in [0.25, 0.3) is 0 Å². The number of benzene rings is 1. The first-order valence-electron chi connectivity index (χ1n) is 7.10. The molecule has 0 bridgehead atoms. The SMILES string of the molecule is CNc1ccc(S(=O)(=O)N(C)C2CCN(C)CC2)cc1N. The molecule has 0 saturated carbocycles. The third-order valence-electron chi connectivity index (χ3n) is 4.17. The lowest BCUT2D eigenvalue weighted by molar-refractivity contribution is 0.197. The molecule has 1 saturated heterocycles. The second-order valence-corrected chi connectivity index (χ2v) is 7.55. The van der Waals surface area contributed by atoms with Crippen molar-refractivity contribution in [1.82, 2.24) is 9.21 Å². The molecule has 0 aliphatic carbocycles. The molecule has 6 nitrogen and oxygen atoms in total. The maximum Gasteiger partial charge on any atom is 0.243 e. The summed E-state index contributed by atoms with van der Waals surface area (Å²) in [6.07, 6.45) is 1.71. The molecule has 2 rings (SSSR count). The molecule has 0 atom stereocenters. The van der Waals surface area contributed by atoms with E-state index in [0.717, 1.165) is 31.6 Å². The molecule has 3 N–H and O–H groups in total. The summed E-state index contributed by atoms with van der Waals surface area (Å²) in [4.78, 5) is 2.47. The minimum atomic E-state index is -3.50. The van der Waals surface area contributed by atoms with Crippen LogP contribution >= 0.6 is 0 Å². The van der Waals surface area contributed by atoms with Gasteiger partial charge < -0.3 is 16.0 Å². The van der Waals surface area contributed by atoms with Gasteiger partial charge in [0.25, 0.3) is 0 Å². The van der Waals surface area contributed by atoms with Crippen molar-refractivity contribution in [2.75, 3.05) is 45.3 Å². The van der Waals surface area contributed by atoms with E-state index in [0.29, 0.717) is 5.69 Å². The monoisotopic (exact) mass is 312 g/mol. The molecular formula is C14H24N4O2S. The van der Waals surface area contributed by atoms with Gasteiger partial charge in [-0.3, -0.25) is 0 Å². The third kappa shape index (κ3) is 3.30. The summed E-state index contributed by atoms with van der Waals surface area (Å²) in [5.74, 6) is 0. The van der Waals surface area contributed by atoms with E-state index in [2.05, 4.69) is 17.3 Å². The number of rotatable bonds is 4. The van der Waals surface area contributed by atoms with Crippen LogP contribution in [-0.2, 0) is 10.0 Å². The van der Waals surface area contributed by atoms with Crippen LogP contribution in [0.5, 0.6) is 0 Å². The maximum atomic E-state index is 12.7. The highest BCUT2D eigenvalue weighted by Gasteiger charge is 2.30. The molecular weight excluding hydrogens is 288 g/mol. The molecule has 118 valence electrons. The minimum absolute atomic E-state index is 0.0522. The number of nitrogens with two attached hydrogens (primary N) is 1. The zero-order chi connectivity index (χ0) is 15.6. The van der Waals surface area contributed by atoms with Crippen molar-refractivity contribution in [3.05, 3.63) is 18.2 Å². The molecule has 7 heteroatoms. The fourth-order valence-electron chi connectivity index (χ4n) is 2.65. The first kappa shape index (κ1) is 16.1. The number of piperidine rings is 1. The molecule has 1 fully saturated rings. The van der Waals surface area contributed by atoms with Gasteiger partial charge in [-0.2, -0.15) is 4.31 Å². The van der Waals surface area contributed by atoms with E-state index in [-0.39, 0.29) is 10.9 Å². The van der Waals surface area contributed by atoms with Crippen molar-refractivity contribution in [3.63, 3.8) is 0 Å². The Labute approximate surface area is 127 Å². The molecule has 1 aromatic rings. The van der Waals surface area contributed by atoms with Crippen molar-refractivity contribution in [2.45, 2.75) is 23.8 Å². The first-order valence-corrected chi connectivity index (χ1v) is 8.54. The van der Waals surface area contributed by atoms with Crippen LogP contribution in [0.4, 0.5) is 11.4 Å². The second kappa shape index (κ2) is 6.21. The quantitative estimate of drug-likeness (QED) is 0.812. The number of hydrogen-bond acceptors (Lipinski definition) is 5. The Morgan fingerprint density at radius 2 is 1.95 bits per heavy atom. The Bertz CT molecular complexity index is 595. The Hall–Kier alpha value is -1.31. The van der Waals surface area contributed by atoms with E-state index in [4.69, 9.17) is 5.73 Å². The average molecular weight is 312 g/mol. The highest BCUT2D eigenvalue weighted by atomic mass is 32.2. The van der Waals surface area contributed by atoms with Crippen molar-refractivity contribution >= 4 is 21.4 Å². The number of nitrogens with zero attached hydrogens (tertiary/aromatic N) is 2. The van der Waals surface area contributed by atoms with Gasteiger partial charge in [-0.25, -0.2) is 8.42 Å². The first-order chi connectivity index (χ1) is 9.86. The lowest BCUT2D eigenvalue weighted by Gasteiger charge is -2.34.